The van der Waals surface area contributed by atoms with E-state index in [4.69, 9.17) is 4.98 Å². The Morgan fingerprint density at radius 3 is 1.71 bits per heavy atom. The lowest BCUT2D eigenvalue weighted by Gasteiger charge is -2.09. The molecule has 0 saturated heterocycles. The van der Waals surface area contributed by atoms with E-state index in [2.05, 4.69) is 90.8 Å². The summed E-state index contributed by atoms with van der Waals surface area (Å²) < 4.78 is 2.27. The highest BCUT2D eigenvalue weighted by Crippen LogP contribution is 2.29. The molecule has 0 radical (unpaired) electrons. The van der Waals surface area contributed by atoms with Gasteiger partial charge in [-0.05, 0) is 49.9 Å². The molecule has 0 aliphatic heterocycles. The van der Waals surface area contributed by atoms with Gasteiger partial charge in [0.05, 0.1) is 11.4 Å². The second-order valence-corrected chi connectivity index (χ2v) is 7.48. The van der Waals surface area contributed by atoms with Crippen LogP contribution in [0, 0.1) is 13.8 Å². The van der Waals surface area contributed by atoms with Crippen LogP contribution in [0.3, 0.4) is 0 Å². The maximum atomic E-state index is 5.00. The number of aryl methyl sites for hydroxylation is 2. The van der Waals surface area contributed by atoms with Gasteiger partial charge in [0, 0.05) is 36.7 Å². The topological polar surface area (TPSA) is 71.5 Å². The van der Waals surface area contributed by atoms with Crippen molar-refractivity contribution in [3.63, 3.8) is 0 Å². The molecule has 0 aliphatic rings. The molecule has 31 heavy (non-hydrogen) atoms. The molecule has 0 unspecified atom stereocenters. The standard InChI is InChI=1S/C26H27N4.H2O/c1-5-12-27-21-16-25-23(14-18(21)3)29-24-15-19(4)22(28-13-6-2)17-26(24)30(25)20-10-8-7-9-11-20;/h7-17H,5-6H2,1-4H3;1H2/q+1;/p-1. The summed E-state index contributed by atoms with van der Waals surface area (Å²) in [5.74, 6) is 0. The summed E-state index contributed by atoms with van der Waals surface area (Å²) >= 11 is 0. The lowest BCUT2D eigenvalue weighted by atomic mass is 10.1. The van der Waals surface area contributed by atoms with Crippen molar-refractivity contribution in [1.29, 1.82) is 0 Å². The Bertz CT molecular complexity index is 1200. The van der Waals surface area contributed by atoms with Crippen LogP contribution in [-0.2, 0) is 0 Å². The van der Waals surface area contributed by atoms with Gasteiger partial charge in [-0.25, -0.2) is 4.98 Å². The highest BCUT2D eigenvalue weighted by Gasteiger charge is 2.21. The summed E-state index contributed by atoms with van der Waals surface area (Å²) in [6.45, 7) is 8.38. The molecule has 0 aliphatic carbocycles. The number of rotatable bonds is 5. The SMILES string of the molecule is CCC=Nc1cc2c(cc1C)nc1cc(C)c(N=CCC)cc1[n+]2-c1ccccc1.[OH-]. The van der Waals surface area contributed by atoms with Gasteiger partial charge in [-0.15, -0.1) is 4.57 Å². The van der Waals surface area contributed by atoms with Crippen molar-refractivity contribution < 1.29 is 10.0 Å². The molecule has 5 heteroatoms. The number of hydrogen-bond donors (Lipinski definition) is 0. The zero-order valence-corrected chi connectivity index (χ0v) is 18.5. The van der Waals surface area contributed by atoms with Crippen molar-refractivity contribution in [2.75, 3.05) is 0 Å². The summed E-state index contributed by atoms with van der Waals surface area (Å²) in [6.07, 6.45) is 5.72. The summed E-state index contributed by atoms with van der Waals surface area (Å²) in [5, 5.41) is 0. The molecule has 0 fully saturated rings. The average Bonchev–Trinajstić information content (AvgIpc) is 2.75. The van der Waals surface area contributed by atoms with E-state index in [1.54, 1.807) is 0 Å². The lowest BCUT2D eigenvalue weighted by Crippen LogP contribution is -2.33. The minimum atomic E-state index is 0. The average molecular weight is 413 g/mol. The van der Waals surface area contributed by atoms with E-state index in [-0.39, 0.29) is 5.48 Å². The van der Waals surface area contributed by atoms with Gasteiger partial charge in [-0.1, -0.05) is 32.0 Å². The lowest BCUT2D eigenvalue weighted by molar-refractivity contribution is -0.538. The number of fused-ring (bicyclic) bond motifs is 2. The molecular weight excluding hydrogens is 384 g/mol. The normalized spacial score (nSPS) is 11.6. The number of hydrogen-bond acceptors (Lipinski definition) is 4. The number of aliphatic imine (C=N–C) groups is 2. The Balaban J connectivity index is 0.00000272. The first kappa shape index (κ1) is 22.2. The first-order valence-electron chi connectivity index (χ1n) is 10.5. The molecule has 3 aromatic carbocycles. The molecule has 0 atom stereocenters. The Morgan fingerprint density at radius 1 is 0.774 bits per heavy atom. The predicted octanol–water partition coefficient (Wildman–Crippen LogP) is 6.33. The van der Waals surface area contributed by atoms with Gasteiger partial charge >= 0.3 is 0 Å². The second-order valence-electron chi connectivity index (χ2n) is 7.48. The smallest absolute Gasteiger partial charge is 0.239 e. The third kappa shape index (κ3) is 4.37. The Labute approximate surface area is 183 Å². The predicted molar refractivity (Wildman–Crippen MR) is 129 cm³/mol. The van der Waals surface area contributed by atoms with Crippen molar-refractivity contribution in [2.45, 2.75) is 40.5 Å². The number of nitrogens with zero attached hydrogens (tertiary/aromatic N) is 4. The highest BCUT2D eigenvalue weighted by atomic mass is 16.0. The van der Waals surface area contributed by atoms with Crippen molar-refractivity contribution in [3.8, 4) is 5.69 Å². The van der Waals surface area contributed by atoms with Crippen molar-refractivity contribution in [3.05, 3.63) is 65.7 Å². The van der Waals surface area contributed by atoms with Crippen LogP contribution in [0.2, 0.25) is 0 Å². The van der Waals surface area contributed by atoms with Crippen molar-refractivity contribution in [1.82, 2.24) is 4.98 Å². The van der Waals surface area contributed by atoms with Gasteiger partial charge in [0.25, 0.3) is 0 Å². The van der Waals surface area contributed by atoms with Crippen molar-refractivity contribution in [2.24, 2.45) is 9.98 Å². The Morgan fingerprint density at radius 2 is 1.26 bits per heavy atom. The van der Waals surface area contributed by atoms with E-state index in [9.17, 15) is 0 Å². The molecule has 1 heterocycles. The van der Waals surface area contributed by atoms with E-state index in [1.807, 2.05) is 18.5 Å². The minimum Gasteiger partial charge on any atom is -0.870 e. The first-order chi connectivity index (χ1) is 14.6. The van der Waals surface area contributed by atoms with Crippen LogP contribution in [0.25, 0.3) is 27.8 Å². The molecule has 5 nitrogen and oxygen atoms in total. The number of benzene rings is 3. The first-order valence-corrected chi connectivity index (χ1v) is 10.5. The maximum Gasteiger partial charge on any atom is 0.239 e. The summed E-state index contributed by atoms with van der Waals surface area (Å²) in [5.41, 5.74) is 9.30. The summed E-state index contributed by atoms with van der Waals surface area (Å²) in [6, 6.07) is 19.0. The van der Waals surface area contributed by atoms with Crippen LogP contribution >= 0.6 is 0 Å². The zero-order chi connectivity index (χ0) is 21.1. The fraction of sp³-hybridized carbons (Fsp3) is 0.231. The molecule has 1 N–H and O–H groups in total. The van der Waals surface area contributed by atoms with Crippen LogP contribution in [0.1, 0.15) is 37.8 Å². The fourth-order valence-corrected chi connectivity index (χ4v) is 3.65. The van der Waals surface area contributed by atoms with Gasteiger partial charge in [-0.3, -0.25) is 9.98 Å². The quantitative estimate of drug-likeness (QED) is 0.218. The summed E-state index contributed by atoms with van der Waals surface area (Å²) in [4.78, 5) is 14.3. The van der Waals surface area contributed by atoms with Gasteiger partial charge in [0.15, 0.2) is 0 Å². The Hall–Kier alpha value is -3.44. The van der Waals surface area contributed by atoms with E-state index >= 15 is 0 Å². The van der Waals surface area contributed by atoms with Crippen LogP contribution < -0.4 is 4.57 Å². The van der Waals surface area contributed by atoms with E-state index in [0.29, 0.717) is 0 Å². The third-order valence-corrected chi connectivity index (χ3v) is 5.15. The molecule has 0 spiro atoms. The van der Waals surface area contributed by atoms with Crippen LogP contribution in [0.4, 0.5) is 11.4 Å². The van der Waals surface area contributed by atoms with Gasteiger partial charge in [-0.2, -0.15) is 0 Å². The van der Waals surface area contributed by atoms with Gasteiger partial charge in [0.2, 0.25) is 16.7 Å². The monoisotopic (exact) mass is 412 g/mol. The molecule has 1 aromatic heterocycles. The van der Waals surface area contributed by atoms with Crippen LogP contribution in [0.5, 0.6) is 0 Å². The van der Waals surface area contributed by atoms with Gasteiger partial charge < -0.3 is 5.48 Å². The molecule has 4 aromatic rings. The van der Waals surface area contributed by atoms with Crippen LogP contribution in [0.15, 0.2) is 64.6 Å². The molecular formula is C26H28N4O. The minimum absolute atomic E-state index is 0. The van der Waals surface area contributed by atoms with E-state index in [1.165, 1.54) is 0 Å². The van der Waals surface area contributed by atoms with Crippen molar-refractivity contribution >= 4 is 45.9 Å². The number of aromatic nitrogens is 2. The van der Waals surface area contributed by atoms with E-state index < -0.39 is 0 Å². The molecule has 0 amide bonds. The van der Waals surface area contributed by atoms with Crippen LogP contribution in [-0.4, -0.2) is 22.9 Å². The Kier molecular flexibility index (Phi) is 6.88. The largest absolute Gasteiger partial charge is 0.870 e. The molecule has 0 bridgehead atoms. The maximum absolute atomic E-state index is 5.00. The zero-order valence-electron chi connectivity index (χ0n) is 18.5. The van der Waals surface area contributed by atoms with Gasteiger partial charge in [0.1, 0.15) is 11.0 Å². The second kappa shape index (κ2) is 9.58. The van der Waals surface area contributed by atoms with E-state index in [0.717, 1.165) is 63.1 Å². The molecule has 158 valence electrons. The summed E-state index contributed by atoms with van der Waals surface area (Å²) in [7, 11) is 0. The fourth-order valence-electron chi connectivity index (χ4n) is 3.65. The molecule has 0 saturated carbocycles. The molecule has 4 rings (SSSR count). The highest BCUT2D eigenvalue weighted by molar-refractivity contribution is 5.87. The number of para-hydroxylation sites is 1. The third-order valence-electron chi connectivity index (χ3n) is 5.15.